The average Bonchev–Trinajstić information content (AvgIpc) is 2.32. The fourth-order valence-corrected chi connectivity index (χ4v) is 10.2. The third-order valence-corrected chi connectivity index (χ3v) is 39.8. The van der Waals surface area contributed by atoms with Gasteiger partial charge >= 0.3 is 84.4 Å². The summed E-state index contributed by atoms with van der Waals surface area (Å²) in [5, 5.41) is 7.84. The average molecular weight is 231 g/mol. The normalized spacial score (nSPS) is 21.1. The van der Waals surface area contributed by atoms with Crippen molar-refractivity contribution in [3.05, 3.63) is 22.1 Å². The van der Waals surface area contributed by atoms with Crippen molar-refractivity contribution >= 4 is 5.94 Å². The van der Waals surface area contributed by atoms with E-state index in [1.54, 1.807) is 3.88 Å². The molecule has 0 aromatic rings. The molecule has 0 bridgehead atoms. The van der Waals surface area contributed by atoms with Gasteiger partial charge in [-0.25, -0.2) is 0 Å². The summed E-state index contributed by atoms with van der Waals surface area (Å²) in [4.78, 5) is 0. The Morgan fingerprint density at radius 1 is 1.15 bits per heavy atom. The standard InChI is InChI=1S/C5H5.C3H9Si.3CH3.Ti/c1-2-4-5-3-1;1-4(2)3;;;;/h1-3H,4H2;1-3H3;3*1H3;. The summed E-state index contributed by atoms with van der Waals surface area (Å²) in [5.41, 5.74) is 0. The second-order valence-electron chi connectivity index (χ2n) is 6.70. The van der Waals surface area contributed by atoms with E-state index in [0.29, 0.717) is 0 Å². The van der Waals surface area contributed by atoms with E-state index in [-0.39, 0.29) is 0 Å². The molecule has 0 spiro atoms. The fraction of sp³-hybridized carbons (Fsp3) is 0.636. The quantitative estimate of drug-likeness (QED) is 0.614. The topological polar surface area (TPSA) is 0 Å². The molecule has 0 nitrogen and oxygen atoms in total. The summed E-state index contributed by atoms with van der Waals surface area (Å²) in [7, 11) is 0. The number of rotatable bonds is 2. The zero-order chi connectivity index (χ0) is 10.4. The van der Waals surface area contributed by atoms with Gasteiger partial charge in [-0.2, -0.15) is 0 Å². The monoisotopic (exact) mass is 231 g/mol. The third-order valence-electron chi connectivity index (χ3n) is 4.52. The Balaban J connectivity index is 3.11. The van der Waals surface area contributed by atoms with Crippen molar-refractivity contribution in [3.63, 3.8) is 0 Å². The number of hydrogen-bond donors (Lipinski definition) is 0. The van der Waals surface area contributed by atoms with Gasteiger partial charge in [-0.3, -0.25) is 0 Å². The van der Waals surface area contributed by atoms with E-state index in [4.69, 9.17) is 0 Å². The maximum atomic E-state index is 2.61. The first kappa shape index (κ1) is 11.5. The van der Waals surface area contributed by atoms with Crippen LogP contribution in [0.2, 0.25) is 35.3 Å². The molecular weight excluding hydrogens is 208 g/mol. The Bertz CT molecular complexity index is 271. The van der Waals surface area contributed by atoms with Gasteiger partial charge in [0.1, 0.15) is 0 Å². The summed E-state index contributed by atoms with van der Waals surface area (Å²) in [6.07, 6.45) is 8.20. The van der Waals surface area contributed by atoms with Crippen molar-refractivity contribution in [2.45, 2.75) is 41.7 Å². The van der Waals surface area contributed by atoms with Crippen LogP contribution in [0.15, 0.2) is 22.1 Å². The Morgan fingerprint density at radius 3 is 2.00 bits per heavy atom. The van der Waals surface area contributed by atoms with Crippen LogP contribution in [0.25, 0.3) is 0 Å². The Labute approximate surface area is 84.2 Å². The van der Waals surface area contributed by atoms with E-state index in [0.717, 1.165) is 0 Å². The molecule has 1 rings (SSSR count). The summed E-state index contributed by atoms with van der Waals surface area (Å²) in [5.74, 6) is -0.991. The molecule has 13 heavy (non-hydrogen) atoms. The molecule has 0 fully saturated rings. The predicted octanol–water partition coefficient (Wildman–Crippen LogP) is 4.50. The van der Waals surface area contributed by atoms with Crippen LogP contribution < -0.4 is 0 Å². The van der Waals surface area contributed by atoms with Crippen molar-refractivity contribution in [1.82, 2.24) is 0 Å². The van der Waals surface area contributed by atoms with Gasteiger partial charge in [-0.1, -0.05) is 0 Å². The van der Waals surface area contributed by atoms with E-state index in [1.165, 1.54) is 6.42 Å². The van der Waals surface area contributed by atoms with Crippen LogP contribution in [-0.4, -0.2) is 5.94 Å². The molecule has 0 saturated heterocycles. The van der Waals surface area contributed by atoms with Crippen molar-refractivity contribution < 1.29 is 14.6 Å². The molecule has 0 amide bonds. The third kappa shape index (κ3) is 1.79. The molecule has 0 atom stereocenters. The van der Waals surface area contributed by atoms with Crippen molar-refractivity contribution in [2.24, 2.45) is 0 Å². The van der Waals surface area contributed by atoms with Gasteiger partial charge in [0.25, 0.3) is 0 Å². The molecule has 0 unspecified atom stereocenters. The number of hydrogen-bond acceptors (Lipinski definition) is 0. The summed E-state index contributed by atoms with van der Waals surface area (Å²) in [6, 6.07) is 0. The van der Waals surface area contributed by atoms with Crippen molar-refractivity contribution in [1.29, 1.82) is 0 Å². The molecule has 0 saturated carbocycles. The van der Waals surface area contributed by atoms with Crippen LogP contribution in [0.1, 0.15) is 6.42 Å². The van der Waals surface area contributed by atoms with E-state index in [2.05, 4.69) is 53.6 Å². The molecule has 0 heterocycles. The fourth-order valence-electron chi connectivity index (χ4n) is 1.58. The van der Waals surface area contributed by atoms with Crippen LogP contribution in [0.4, 0.5) is 0 Å². The Kier molecular flexibility index (Phi) is 2.61. The Morgan fingerprint density at radius 2 is 1.69 bits per heavy atom. The molecule has 1 aliphatic carbocycles. The SMILES string of the molecule is C[Si](C)(C)[Ti]([CH3])([CH3])([CH3])[C]1=CC=CC1. The molecule has 0 N–H and O–H groups in total. The number of allylic oxidation sites excluding steroid dienone is 4. The first-order chi connectivity index (χ1) is 5.64. The summed E-state index contributed by atoms with van der Waals surface area (Å²) < 4.78 is 1.80. The van der Waals surface area contributed by atoms with Crippen LogP contribution in [0.5, 0.6) is 0 Å². The zero-order valence-corrected chi connectivity index (χ0v) is 12.5. The molecular formula is C11H23SiTi. The van der Waals surface area contributed by atoms with Gasteiger partial charge in [0.05, 0.1) is 0 Å². The van der Waals surface area contributed by atoms with E-state index in [1.807, 2.05) is 0 Å². The van der Waals surface area contributed by atoms with Gasteiger partial charge in [0.15, 0.2) is 0 Å². The van der Waals surface area contributed by atoms with E-state index >= 15 is 0 Å². The predicted molar refractivity (Wildman–Crippen MR) is 62.8 cm³/mol. The first-order valence-corrected chi connectivity index (χ1v) is 16.5. The molecule has 0 aromatic carbocycles. The molecule has 0 aliphatic heterocycles. The van der Waals surface area contributed by atoms with Crippen LogP contribution in [0.3, 0.4) is 0 Å². The van der Waals surface area contributed by atoms with Crippen molar-refractivity contribution in [3.8, 4) is 0 Å². The second-order valence-corrected chi connectivity index (χ2v) is 36.2. The van der Waals surface area contributed by atoms with Crippen LogP contribution >= 0.6 is 0 Å². The maximum absolute atomic E-state index is 2.61. The van der Waals surface area contributed by atoms with Crippen LogP contribution in [0, 0.1) is 0 Å². The molecule has 0 aromatic heterocycles. The second kappa shape index (κ2) is 2.95. The van der Waals surface area contributed by atoms with Gasteiger partial charge in [-0.15, -0.1) is 0 Å². The minimum atomic E-state index is -2.22. The van der Waals surface area contributed by atoms with Gasteiger partial charge in [0.2, 0.25) is 0 Å². The van der Waals surface area contributed by atoms with Gasteiger partial charge < -0.3 is 0 Å². The minimum absolute atomic E-state index is 0.991. The zero-order valence-electron chi connectivity index (χ0n) is 9.94. The van der Waals surface area contributed by atoms with Gasteiger partial charge in [0, 0.05) is 0 Å². The van der Waals surface area contributed by atoms with E-state index in [9.17, 15) is 0 Å². The first-order valence-electron chi connectivity index (χ1n) is 5.22. The summed E-state index contributed by atoms with van der Waals surface area (Å²) in [6.45, 7) is 7.64. The molecule has 0 radical (unpaired) electrons. The van der Waals surface area contributed by atoms with E-state index < -0.39 is 20.5 Å². The van der Waals surface area contributed by atoms with Crippen molar-refractivity contribution in [2.75, 3.05) is 0 Å². The summed E-state index contributed by atoms with van der Waals surface area (Å²) >= 11 is -2.22. The van der Waals surface area contributed by atoms with Gasteiger partial charge in [-0.05, 0) is 0 Å². The molecule has 1 aliphatic rings. The Hall–Kier alpha value is 0.411. The molecule has 2 heteroatoms. The molecule has 75 valence electrons. The van der Waals surface area contributed by atoms with Crippen LogP contribution in [-0.2, 0) is 14.6 Å².